The third-order valence-electron chi connectivity index (χ3n) is 4.02. The van der Waals surface area contributed by atoms with E-state index in [-0.39, 0.29) is 0 Å². The summed E-state index contributed by atoms with van der Waals surface area (Å²) < 4.78 is 0. The van der Waals surface area contributed by atoms with Gasteiger partial charge < -0.3 is 10.0 Å². The van der Waals surface area contributed by atoms with E-state index in [1.54, 1.807) is 12.1 Å². The molecule has 0 saturated carbocycles. The fraction of sp³-hybridized carbons (Fsp3) is 0.571. The molecule has 0 amide bonds. The minimum atomic E-state index is -1.37. The molecule has 2 atom stereocenters. The molecule has 98 valence electrons. The molecule has 1 aromatic carbocycles. The van der Waals surface area contributed by atoms with Crippen LogP contribution in [0.4, 0.5) is 0 Å². The van der Waals surface area contributed by atoms with E-state index >= 15 is 0 Å². The number of nitrogens with zero attached hydrogens (tertiary/aromatic N) is 1. The van der Waals surface area contributed by atoms with Gasteiger partial charge in [-0.05, 0) is 37.7 Å². The lowest BCUT2D eigenvalue weighted by Crippen LogP contribution is -2.43. The molecule has 2 N–H and O–H groups in total. The Balaban J connectivity index is 2.03. The van der Waals surface area contributed by atoms with Gasteiger partial charge in [0.15, 0.2) is 0 Å². The fourth-order valence-electron chi connectivity index (χ4n) is 2.79. The van der Waals surface area contributed by atoms with Crippen molar-refractivity contribution in [3.8, 4) is 0 Å². The van der Waals surface area contributed by atoms with Crippen LogP contribution in [-0.2, 0) is 6.54 Å². The Hall–Kier alpha value is -0.835. The van der Waals surface area contributed by atoms with Crippen LogP contribution in [0.15, 0.2) is 24.3 Å². The molecule has 1 fully saturated rings. The maximum atomic E-state index is 9.07. The molecule has 1 aliphatic heterocycles. The van der Waals surface area contributed by atoms with Crippen molar-refractivity contribution < 1.29 is 10.0 Å². The monoisotopic (exact) mass is 247 g/mol. The van der Waals surface area contributed by atoms with Crippen molar-refractivity contribution in [3.05, 3.63) is 29.8 Å². The maximum Gasteiger partial charge on any atom is 0.488 e. The van der Waals surface area contributed by atoms with Gasteiger partial charge in [-0.15, -0.1) is 0 Å². The van der Waals surface area contributed by atoms with Crippen molar-refractivity contribution in [1.82, 2.24) is 4.90 Å². The van der Waals surface area contributed by atoms with Crippen molar-refractivity contribution in [2.45, 2.75) is 51.7 Å². The van der Waals surface area contributed by atoms with E-state index in [2.05, 4.69) is 18.7 Å². The Labute approximate surface area is 110 Å². The largest absolute Gasteiger partial charge is 0.488 e. The molecule has 1 saturated heterocycles. The van der Waals surface area contributed by atoms with Gasteiger partial charge in [-0.2, -0.15) is 0 Å². The Bertz CT molecular complexity index is 370. The average Bonchev–Trinajstić information content (AvgIpc) is 2.34. The summed E-state index contributed by atoms with van der Waals surface area (Å²) in [6.07, 6.45) is 3.88. The molecule has 0 aromatic heterocycles. The van der Waals surface area contributed by atoms with Gasteiger partial charge in [-0.25, -0.2) is 0 Å². The highest BCUT2D eigenvalue weighted by atomic mass is 16.4. The van der Waals surface area contributed by atoms with Gasteiger partial charge in [0, 0.05) is 18.6 Å². The van der Waals surface area contributed by atoms with Crippen LogP contribution in [0, 0.1) is 0 Å². The van der Waals surface area contributed by atoms with E-state index in [0.29, 0.717) is 17.5 Å². The second-order valence-corrected chi connectivity index (χ2v) is 5.42. The summed E-state index contributed by atoms with van der Waals surface area (Å²) in [4.78, 5) is 2.54. The lowest BCUT2D eigenvalue weighted by molar-refractivity contribution is 0.0953. The second-order valence-electron chi connectivity index (χ2n) is 5.42. The number of rotatable bonds is 3. The van der Waals surface area contributed by atoms with E-state index in [4.69, 9.17) is 10.0 Å². The molecule has 2 rings (SSSR count). The minimum Gasteiger partial charge on any atom is -0.423 e. The summed E-state index contributed by atoms with van der Waals surface area (Å²) in [6.45, 7) is 5.53. The standard InChI is InChI=1S/C14H22BNO2/c1-11-4-3-5-12(2)16(11)10-13-6-8-14(9-7-13)15(17)18/h6-9,11-12,17-18H,3-5,10H2,1-2H3/t11-,12+. The molecular formula is C14H22BNO2. The van der Waals surface area contributed by atoms with E-state index in [1.165, 1.54) is 24.8 Å². The SMILES string of the molecule is C[C@@H]1CCC[C@H](C)N1Cc1ccc(B(O)O)cc1. The number of piperidine rings is 1. The summed E-state index contributed by atoms with van der Waals surface area (Å²) >= 11 is 0. The zero-order valence-electron chi connectivity index (χ0n) is 11.2. The fourth-order valence-corrected chi connectivity index (χ4v) is 2.79. The highest BCUT2D eigenvalue weighted by molar-refractivity contribution is 6.58. The molecule has 0 spiro atoms. The van der Waals surface area contributed by atoms with Crippen LogP contribution in [0.5, 0.6) is 0 Å². The van der Waals surface area contributed by atoms with E-state index < -0.39 is 7.12 Å². The first kappa shape index (κ1) is 13.6. The molecule has 3 nitrogen and oxygen atoms in total. The topological polar surface area (TPSA) is 43.7 Å². The molecule has 1 heterocycles. The molecular weight excluding hydrogens is 225 g/mol. The third kappa shape index (κ3) is 3.13. The Morgan fingerprint density at radius 2 is 1.67 bits per heavy atom. The molecule has 0 unspecified atom stereocenters. The summed E-state index contributed by atoms with van der Waals surface area (Å²) in [7, 11) is -1.37. The van der Waals surface area contributed by atoms with E-state index in [9.17, 15) is 0 Å². The normalized spacial score (nSPS) is 25.1. The molecule has 18 heavy (non-hydrogen) atoms. The lowest BCUT2D eigenvalue weighted by atomic mass is 9.80. The van der Waals surface area contributed by atoms with Gasteiger partial charge in [-0.1, -0.05) is 30.7 Å². The highest BCUT2D eigenvalue weighted by Crippen LogP contribution is 2.24. The van der Waals surface area contributed by atoms with Crippen LogP contribution >= 0.6 is 0 Å². The first-order chi connectivity index (χ1) is 8.58. The average molecular weight is 247 g/mol. The van der Waals surface area contributed by atoms with Crippen LogP contribution < -0.4 is 5.46 Å². The number of likely N-dealkylation sites (tertiary alicyclic amines) is 1. The molecule has 1 aromatic rings. The molecule has 0 radical (unpaired) electrons. The summed E-state index contributed by atoms with van der Waals surface area (Å²) in [5.41, 5.74) is 1.79. The highest BCUT2D eigenvalue weighted by Gasteiger charge is 2.24. The third-order valence-corrected chi connectivity index (χ3v) is 4.02. The van der Waals surface area contributed by atoms with Gasteiger partial charge in [0.25, 0.3) is 0 Å². The van der Waals surface area contributed by atoms with Crippen LogP contribution in [0.2, 0.25) is 0 Å². The number of hydrogen-bond acceptors (Lipinski definition) is 3. The van der Waals surface area contributed by atoms with Crippen molar-refractivity contribution in [1.29, 1.82) is 0 Å². The van der Waals surface area contributed by atoms with E-state index in [1.807, 2.05) is 12.1 Å². The molecule has 1 aliphatic rings. The first-order valence-corrected chi connectivity index (χ1v) is 6.78. The summed E-state index contributed by atoms with van der Waals surface area (Å²) in [6, 6.07) is 8.83. The zero-order chi connectivity index (χ0) is 13.1. The van der Waals surface area contributed by atoms with Gasteiger partial charge in [0.05, 0.1) is 0 Å². The van der Waals surface area contributed by atoms with Gasteiger partial charge in [0.1, 0.15) is 0 Å². The Kier molecular flexibility index (Phi) is 4.43. The summed E-state index contributed by atoms with van der Waals surface area (Å²) in [5, 5.41) is 18.1. The first-order valence-electron chi connectivity index (χ1n) is 6.78. The molecule has 0 bridgehead atoms. The smallest absolute Gasteiger partial charge is 0.423 e. The second kappa shape index (κ2) is 5.87. The van der Waals surface area contributed by atoms with Crippen molar-refractivity contribution in [2.24, 2.45) is 0 Å². The van der Waals surface area contributed by atoms with E-state index in [0.717, 1.165) is 6.54 Å². The quantitative estimate of drug-likeness (QED) is 0.787. The number of benzene rings is 1. The maximum absolute atomic E-state index is 9.07. The van der Waals surface area contributed by atoms with Crippen molar-refractivity contribution in [2.75, 3.05) is 0 Å². The molecule has 4 heteroatoms. The summed E-state index contributed by atoms with van der Waals surface area (Å²) in [5.74, 6) is 0. The van der Waals surface area contributed by atoms with Crippen molar-refractivity contribution >= 4 is 12.6 Å². The Morgan fingerprint density at radius 3 is 2.17 bits per heavy atom. The zero-order valence-corrected chi connectivity index (χ0v) is 11.2. The predicted octanol–water partition coefficient (Wildman–Crippen LogP) is 1.13. The molecule has 0 aliphatic carbocycles. The van der Waals surface area contributed by atoms with Crippen molar-refractivity contribution in [3.63, 3.8) is 0 Å². The predicted molar refractivity (Wildman–Crippen MR) is 74.6 cm³/mol. The Morgan fingerprint density at radius 1 is 1.11 bits per heavy atom. The van der Waals surface area contributed by atoms with Gasteiger partial charge in [-0.3, -0.25) is 4.90 Å². The van der Waals surface area contributed by atoms with Crippen LogP contribution in [0.1, 0.15) is 38.7 Å². The van der Waals surface area contributed by atoms with Crippen LogP contribution in [-0.4, -0.2) is 34.2 Å². The lowest BCUT2D eigenvalue weighted by Gasteiger charge is -2.39. The van der Waals surface area contributed by atoms with Gasteiger partial charge >= 0.3 is 7.12 Å². The van der Waals surface area contributed by atoms with Crippen LogP contribution in [0.25, 0.3) is 0 Å². The van der Waals surface area contributed by atoms with Gasteiger partial charge in [0.2, 0.25) is 0 Å². The number of hydrogen-bond donors (Lipinski definition) is 2. The minimum absolute atomic E-state index is 0.554. The van der Waals surface area contributed by atoms with Crippen LogP contribution in [0.3, 0.4) is 0 Å².